The molecule has 142 valence electrons. The van der Waals surface area contributed by atoms with E-state index in [1.54, 1.807) is 30.3 Å². The lowest BCUT2D eigenvalue weighted by molar-refractivity contribution is 0.0942. The highest BCUT2D eigenvalue weighted by Gasteiger charge is 2.13. The number of nitrogens with one attached hydrogen (secondary N) is 3. The summed E-state index contributed by atoms with van der Waals surface area (Å²) in [6.45, 7) is 0.435. The zero-order valence-electron chi connectivity index (χ0n) is 14.6. The van der Waals surface area contributed by atoms with Gasteiger partial charge in [-0.1, -0.05) is 36.4 Å². The van der Waals surface area contributed by atoms with Crippen molar-refractivity contribution >= 4 is 50.8 Å². The quantitative estimate of drug-likeness (QED) is 0.502. The number of anilines is 1. The van der Waals surface area contributed by atoms with Gasteiger partial charge < -0.3 is 15.1 Å². The topological polar surface area (TPSA) is 83.4 Å². The number of rotatable bonds is 5. The minimum atomic E-state index is -0.472. The van der Waals surface area contributed by atoms with E-state index >= 15 is 0 Å². The monoisotopic (exact) mass is 457 g/mol. The number of carbonyl (C=O) groups is 2. The highest BCUT2D eigenvalue weighted by atomic mass is 79.9. The number of carbonyl (C=O) groups excluding carboxylic acids is 2. The van der Waals surface area contributed by atoms with Crippen LogP contribution in [0.5, 0.6) is 0 Å². The van der Waals surface area contributed by atoms with Crippen LogP contribution in [0.15, 0.2) is 75.8 Å². The van der Waals surface area contributed by atoms with Gasteiger partial charge in [0, 0.05) is 17.8 Å². The fraction of sp³-hybridized carbons (Fsp3) is 0.0500. The normalized spacial score (nSPS) is 10.2. The van der Waals surface area contributed by atoms with Crippen LogP contribution in [0.2, 0.25) is 0 Å². The first-order valence-corrected chi connectivity index (χ1v) is 9.51. The molecule has 0 aliphatic rings. The van der Waals surface area contributed by atoms with Crippen molar-refractivity contribution in [3.8, 4) is 0 Å². The Bertz CT molecular complexity index is 1000. The summed E-state index contributed by atoms with van der Waals surface area (Å²) in [5.74, 6) is -0.548. The predicted molar refractivity (Wildman–Crippen MR) is 114 cm³/mol. The summed E-state index contributed by atoms with van der Waals surface area (Å²) in [4.78, 5) is 24.4. The Hall–Kier alpha value is -2.97. The van der Waals surface area contributed by atoms with E-state index in [4.69, 9.17) is 16.6 Å². The number of hydrogen-bond donors (Lipinski definition) is 3. The summed E-state index contributed by atoms with van der Waals surface area (Å²) in [5.41, 5.74) is 2.07. The molecule has 0 bridgehead atoms. The van der Waals surface area contributed by atoms with Gasteiger partial charge >= 0.3 is 0 Å². The van der Waals surface area contributed by atoms with Crippen molar-refractivity contribution < 1.29 is 14.0 Å². The van der Waals surface area contributed by atoms with E-state index in [9.17, 15) is 9.59 Å². The van der Waals surface area contributed by atoms with Crippen molar-refractivity contribution in [2.75, 3.05) is 5.32 Å². The van der Waals surface area contributed by atoms with Crippen LogP contribution < -0.4 is 16.0 Å². The predicted octanol–water partition coefficient (Wildman–Crippen LogP) is 4.10. The van der Waals surface area contributed by atoms with Crippen molar-refractivity contribution in [1.29, 1.82) is 0 Å². The standard InChI is InChI=1S/C20H16BrN3O3S/c21-17-10-9-16(27-17)19(26)24-20(28)23-15-8-4-7-14(11-15)18(25)22-12-13-5-2-1-3-6-13/h1-11H,12H2,(H,22,25)(H2,23,24,26,28). The minimum Gasteiger partial charge on any atom is -0.444 e. The summed E-state index contributed by atoms with van der Waals surface area (Å²) < 4.78 is 5.62. The van der Waals surface area contributed by atoms with Gasteiger partial charge in [0.15, 0.2) is 15.5 Å². The molecule has 3 rings (SSSR count). The van der Waals surface area contributed by atoms with Crippen molar-refractivity contribution in [1.82, 2.24) is 10.6 Å². The van der Waals surface area contributed by atoms with Gasteiger partial charge in [0.25, 0.3) is 11.8 Å². The van der Waals surface area contributed by atoms with Gasteiger partial charge in [-0.2, -0.15) is 0 Å². The summed E-state index contributed by atoms with van der Waals surface area (Å²) >= 11 is 8.28. The Labute approximate surface area is 175 Å². The molecule has 0 spiro atoms. The molecular weight excluding hydrogens is 442 g/mol. The van der Waals surface area contributed by atoms with E-state index in [0.29, 0.717) is 22.5 Å². The molecule has 1 aromatic heterocycles. The van der Waals surface area contributed by atoms with Gasteiger partial charge in [-0.25, -0.2) is 0 Å². The third-order valence-electron chi connectivity index (χ3n) is 3.70. The minimum absolute atomic E-state index is 0.0966. The maximum atomic E-state index is 12.4. The van der Waals surface area contributed by atoms with Crippen LogP contribution in [0.1, 0.15) is 26.5 Å². The molecule has 8 heteroatoms. The SMILES string of the molecule is O=C(NCc1ccccc1)c1cccc(NC(=S)NC(=O)c2ccc(Br)o2)c1. The zero-order chi connectivity index (χ0) is 19.9. The van der Waals surface area contributed by atoms with Gasteiger partial charge in [0.2, 0.25) is 0 Å². The first kappa shape index (κ1) is 19.8. The smallest absolute Gasteiger partial charge is 0.293 e. The Kier molecular flexibility index (Phi) is 6.57. The number of thiocarbonyl (C=S) groups is 1. The first-order valence-electron chi connectivity index (χ1n) is 8.31. The molecule has 0 aliphatic carbocycles. The highest BCUT2D eigenvalue weighted by Crippen LogP contribution is 2.14. The van der Waals surface area contributed by atoms with Gasteiger partial charge in [0.1, 0.15) is 0 Å². The average molecular weight is 458 g/mol. The molecule has 0 atom stereocenters. The molecule has 1 heterocycles. The van der Waals surface area contributed by atoms with Crippen LogP contribution in [0.25, 0.3) is 0 Å². The number of furan rings is 1. The molecule has 0 radical (unpaired) electrons. The van der Waals surface area contributed by atoms with E-state index in [1.165, 1.54) is 6.07 Å². The first-order chi connectivity index (χ1) is 13.5. The highest BCUT2D eigenvalue weighted by molar-refractivity contribution is 9.10. The lowest BCUT2D eigenvalue weighted by Crippen LogP contribution is -2.34. The fourth-order valence-electron chi connectivity index (χ4n) is 2.38. The van der Waals surface area contributed by atoms with E-state index in [1.807, 2.05) is 30.3 Å². The molecule has 0 unspecified atom stereocenters. The van der Waals surface area contributed by atoms with E-state index in [0.717, 1.165) is 5.56 Å². The molecule has 28 heavy (non-hydrogen) atoms. The van der Waals surface area contributed by atoms with E-state index in [2.05, 4.69) is 31.9 Å². The molecule has 6 nitrogen and oxygen atoms in total. The van der Waals surface area contributed by atoms with Crippen LogP contribution in [0.4, 0.5) is 5.69 Å². The molecule has 0 fully saturated rings. The van der Waals surface area contributed by atoms with Gasteiger partial charge in [-0.05, 0) is 64.0 Å². The Morgan fingerprint density at radius 2 is 1.75 bits per heavy atom. The average Bonchev–Trinajstić information content (AvgIpc) is 3.13. The third-order valence-corrected chi connectivity index (χ3v) is 4.33. The maximum Gasteiger partial charge on any atom is 0.293 e. The second-order valence-corrected chi connectivity index (χ2v) is 6.95. The molecule has 0 saturated carbocycles. The molecule has 2 amide bonds. The van der Waals surface area contributed by atoms with E-state index < -0.39 is 5.91 Å². The lowest BCUT2D eigenvalue weighted by atomic mass is 10.1. The molecular formula is C20H16BrN3O3S. The van der Waals surface area contributed by atoms with Crippen molar-refractivity contribution in [2.45, 2.75) is 6.54 Å². The molecule has 3 aromatic rings. The molecule has 0 aliphatic heterocycles. The molecule has 2 aromatic carbocycles. The number of hydrogen-bond acceptors (Lipinski definition) is 4. The van der Waals surface area contributed by atoms with Crippen LogP contribution >= 0.6 is 28.1 Å². The second kappa shape index (κ2) is 9.29. The third kappa shape index (κ3) is 5.51. The van der Waals surface area contributed by atoms with Crippen molar-refractivity contribution in [2.24, 2.45) is 0 Å². The van der Waals surface area contributed by atoms with Crippen LogP contribution in [0, 0.1) is 0 Å². The summed E-state index contributed by atoms with van der Waals surface area (Å²) in [5, 5.41) is 8.37. The van der Waals surface area contributed by atoms with E-state index in [-0.39, 0.29) is 16.8 Å². The Balaban J connectivity index is 1.57. The second-order valence-electron chi connectivity index (χ2n) is 5.76. The Morgan fingerprint density at radius 1 is 0.964 bits per heavy atom. The zero-order valence-corrected chi connectivity index (χ0v) is 17.0. The van der Waals surface area contributed by atoms with Crippen LogP contribution in [0.3, 0.4) is 0 Å². The largest absolute Gasteiger partial charge is 0.444 e. The van der Waals surface area contributed by atoms with Gasteiger partial charge in [0.05, 0.1) is 0 Å². The summed E-state index contributed by atoms with van der Waals surface area (Å²) in [7, 11) is 0. The van der Waals surface area contributed by atoms with Gasteiger partial charge in [-0.3, -0.25) is 14.9 Å². The molecule has 0 saturated heterocycles. The van der Waals surface area contributed by atoms with Crippen molar-refractivity contribution in [3.05, 3.63) is 88.3 Å². The van der Waals surface area contributed by atoms with Crippen LogP contribution in [-0.2, 0) is 6.54 Å². The summed E-state index contributed by atoms with van der Waals surface area (Å²) in [6.07, 6.45) is 0. The van der Waals surface area contributed by atoms with Crippen LogP contribution in [-0.4, -0.2) is 16.9 Å². The maximum absolute atomic E-state index is 12.4. The number of halogens is 1. The van der Waals surface area contributed by atoms with Gasteiger partial charge in [-0.15, -0.1) is 0 Å². The Morgan fingerprint density at radius 3 is 2.46 bits per heavy atom. The number of benzene rings is 2. The number of amides is 2. The lowest BCUT2D eigenvalue weighted by Gasteiger charge is -2.10. The fourth-order valence-corrected chi connectivity index (χ4v) is 2.90. The molecule has 3 N–H and O–H groups in total. The van der Waals surface area contributed by atoms with Crippen molar-refractivity contribution in [3.63, 3.8) is 0 Å². The summed E-state index contributed by atoms with van der Waals surface area (Å²) in [6, 6.07) is 19.6.